The van der Waals surface area contributed by atoms with Gasteiger partial charge < -0.3 is 15.0 Å². The Hall–Kier alpha value is -2.21. The third-order valence-corrected chi connectivity index (χ3v) is 4.63. The average molecular weight is 411 g/mol. The lowest BCUT2D eigenvalue weighted by atomic mass is 10.1. The lowest BCUT2D eigenvalue weighted by molar-refractivity contribution is 0.102. The van der Waals surface area contributed by atoms with Crippen molar-refractivity contribution in [2.24, 2.45) is 0 Å². The second-order valence-corrected chi connectivity index (χ2v) is 6.69. The van der Waals surface area contributed by atoms with Crippen LogP contribution in [-0.2, 0) is 6.61 Å². The van der Waals surface area contributed by atoms with E-state index >= 15 is 0 Å². The van der Waals surface area contributed by atoms with Crippen LogP contribution < -0.4 is 10.1 Å². The molecular formula is C18H14Cl3N3O2. The number of nitrogens with zero attached hydrogens (tertiary/aromatic N) is 1. The van der Waals surface area contributed by atoms with E-state index in [2.05, 4.69) is 15.3 Å². The average Bonchev–Trinajstić information content (AvgIpc) is 3.03. The van der Waals surface area contributed by atoms with Crippen molar-refractivity contribution in [3.8, 4) is 5.88 Å². The number of nitrogens with one attached hydrogen (secondary N) is 2. The summed E-state index contributed by atoms with van der Waals surface area (Å²) in [6, 6.07) is 9.85. The van der Waals surface area contributed by atoms with E-state index in [4.69, 9.17) is 39.5 Å². The molecule has 0 spiro atoms. The van der Waals surface area contributed by atoms with E-state index in [1.807, 2.05) is 6.92 Å². The van der Waals surface area contributed by atoms with E-state index in [1.165, 1.54) is 0 Å². The lowest BCUT2D eigenvalue weighted by Gasteiger charge is -2.13. The minimum absolute atomic E-state index is 0.129. The lowest BCUT2D eigenvalue weighted by Crippen LogP contribution is -2.13. The highest BCUT2D eigenvalue weighted by Crippen LogP contribution is 2.33. The molecule has 1 aromatic heterocycles. The van der Waals surface area contributed by atoms with Gasteiger partial charge in [-0.25, -0.2) is 4.98 Å². The molecule has 0 unspecified atom stereocenters. The van der Waals surface area contributed by atoms with Gasteiger partial charge >= 0.3 is 0 Å². The van der Waals surface area contributed by atoms with Gasteiger partial charge in [0.25, 0.3) is 5.91 Å². The Labute approximate surface area is 165 Å². The summed E-state index contributed by atoms with van der Waals surface area (Å²) < 4.78 is 5.62. The second kappa shape index (κ2) is 7.99. The summed E-state index contributed by atoms with van der Waals surface area (Å²) in [6.07, 6.45) is 1.57. The van der Waals surface area contributed by atoms with Crippen molar-refractivity contribution in [3.63, 3.8) is 0 Å². The van der Waals surface area contributed by atoms with Crippen molar-refractivity contribution in [2.75, 3.05) is 5.32 Å². The third-order valence-electron chi connectivity index (χ3n) is 3.59. The summed E-state index contributed by atoms with van der Waals surface area (Å²) >= 11 is 18.5. The fraction of sp³-hybridized carbons (Fsp3) is 0.111. The number of carbonyl (C=O) groups is 1. The van der Waals surface area contributed by atoms with Crippen LogP contribution in [0.15, 0.2) is 42.6 Å². The van der Waals surface area contributed by atoms with Crippen molar-refractivity contribution in [1.29, 1.82) is 0 Å². The van der Waals surface area contributed by atoms with Crippen LogP contribution in [0.1, 0.15) is 21.7 Å². The normalized spacial score (nSPS) is 10.6. The van der Waals surface area contributed by atoms with Gasteiger partial charge in [-0.3, -0.25) is 4.79 Å². The third kappa shape index (κ3) is 4.30. The second-order valence-electron chi connectivity index (χ2n) is 5.47. The SMILES string of the molecule is Cc1ncc(OCc2c(Cl)ccc(NC(=O)c3ccc(Cl)cc3)c2Cl)[nH]1. The molecule has 2 aromatic carbocycles. The number of aryl methyl sites for hydroxylation is 1. The van der Waals surface area contributed by atoms with E-state index < -0.39 is 0 Å². The molecule has 3 aromatic rings. The number of rotatable bonds is 5. The summed E-state index contributed by atoms with van der Waals surface area (Å²) in [6.45, 7) is 1.95. The number of aromatic amines is 1. The number of carbonyl (C=O) groups excluding carboxylic acids is 1. The van der Waals surface area contributed by atoms with E-state index in [-0.39, 0.29) is 12.5 Å². The van der Waals surface area contributed by atoms with Gasteiger partial charge in [0.1, 0.15) is 12.4 Å². The van der Waals surface area contributed by atoms with Gasteiger partial charge in [0, 0.05) is 21.2 Å². The molecule has 0 fully saturated rings. The van der Waals surface area contributed by atoms with Gasteiger partial charge in [0.2, 0.25) is 5.88 Å². The van der Waals surface area contributed by atoms with Crippen LogP contribution >= 0.6 is 34.8 Å². The molecular weight excluding hydrogens is 397 g/mol. The number of halogens is 3. The molecule has 0 radical (unpaired) electrons. The van der Waals surface area contributed by atoms with Crippen molar-refractivity contribution in [1.82, 2.24) is 9.97 Å². The Kier molecular flexibility index (Phi) is 5.71. The van der Waals surface area contributed by atoms with Gasteiger partial charge in [-0.2, -0.15) is 0 Å². The van der Waals surface area contributed by atoms with Gasteiger partial charge in [-0.05, 0) is 43.3 Å². The Morgan fingerprint density at radius 2 is 1.88 bits per heavy atom. The summed E-state index contributed by atoms with van der Waals surface area (Å²) in [5.74, 6) is 0.938. The van der Waals surface area contributed by atoms with Crippen molar-refractivity contribution in [3.05, 3.63) is 74.6 Å². The van der Waals surface area contributed by atoms with Crippen molar-refractivity contribution < 1.29 is 9.53 Å². The van der Waals surface area contributed by atoms with Gasteiger partial charge in [0.15, 0.2) is 0 Å². The maximum absolute atomic E-state index is 12.4. The highest BCUT2D eigenvalue weighted by Gasteiger charge is 2.15. The monoisotopic (exact) mass is 409 g/mol. The molecule has 0 saturated heterocycles. The molecule has 0 bridgehead atoms. The van der Waals surface area contributed by atoms with Gasteiger partial charge in [-0.15, -0.1) is 0 Å². The Morgan fingerprint density at radius 3 is 2.54 bits per heavy atom. The van der Waals surface area contributed by atoms with E-state index in [0.29, 0.717) is 37.8 Å². The molecule has 3 rings (SSSR count). The first kappa shape index (κ1) is 18.6. The minimum atomic E-state index is -0.304. The first-order chi connectivity index (χ1) is 12.4. The zero-order chi connectivity index (χ0) is 18.7. The molecule has 26 heavy (non-hydrogen) atoms. The number of ether oxygens (including phenoxy) is 1. The molecule has 0 aliphatic rings. The highest BCUT2D eigenvalue weighted by atomic mass is 35.5. The van der Waals surface area contributed by atoms with Crippen LogP contribution in [0.4, 0.5) is 5.69 Å². The van der Waals surface area contributed by atoms with Crippen LogP contribution in [0, 0.1) is 6.92 Å². The highest BCUT2D eigenvalue weighted by molar-refractivity contribution is 6.38. The number of benzene rings is 2. The molecule has 0 aliphatic carbocycles. The van der Waals surface area contributed by atoms with Crippen molar-refractivity contribution >= 4 is 46.4 Å². The predicted octanol–water partition coefficient (Wildman–Crippen LogP) is 5.51. The fourth-order valence-electron chi connectivity index (χ4n) is 2.24. The zero-order valence-electron chi connectivity index (χ0n) is 13.6. The number of imidazole rings is 1. The largest absolute Gasteiger partial charge is 0.473 e. The fourth-order valence-corrected chi connectivity index (χ4v) is 2.90. The number of amides is 1. The molecule has 0 aliphatic heterocycles. The van der Waals surface area contributed by atoms with Crippen LogP contribution in [0.25, 0.3) is 0 Å². The van der Waals surface area contributed by atoms with Crippen molar-refractivity contribution in [2.45, 2.75) is 13.5 Å². The molecule has 0 saturated carbocycles. The van der Waals surface area contributed by atoms with Crippen LogP contribution in [0.5, 0.6) is 5.88 Å². The topological polar surface area (TPSA) is 67.0 Å². The maximum Gasteiger partial charge on any atom is 0.255 e. The van der Waals surface area contributed by atoms with Gasteiger partial charge in [-0.1, -0.05) is 34.8 Å². The first-order valence-electron chi connectivity index (χ1n) is 7.62. The van der Waals surface area contributed by atoms with E-state index in [1.54, 1.807) is 42.6 Å². The molecule has 1 amide bonds. The summed E-state index contributed by atoms with van der Waals surface area (Å²) in [7, 11) is 0. The minimum Gasteiger partial charge on any atom is -0.473 e. The van der Waals surface area contributed by atoms with E-state index in [9.17, 15) is 4.79 Å². The maximum atomic E-state index is 12.4. The molecule has 2 N–H and O–H groups in total. The predicted molar refractivity (Wildman–Crippen MR) is 104 cm³/mol. The summed E-state index contributed by atoms with van der Waals surface area (Å²) in [5.41, 5.74) is 1.47. The molecule has 8 heteroatoms. The van der Waals surface area contributed by atoms with Gasteiger partial charge in [0.05, 0.1) is 16.9 Å². The number of H-pyrrole nitrogens is 1. The quantitative estimate of drug-likeness (QED) is 0.583. The van der Waals surface area contributed by atoms with Crippen LogP contribution in [-0.4, -0.2) is 15.9 Å². The summed E-state index contributed by atoms with van der Waals surface area (Å²) in [5, 5.41) is 4.08. The molecule has 0 atom stereocenters. The number of hydrogen-bond acceptors (Lipinski definition) is 3. The number of anilines is 1. The molecule has 1 heterocycles. The summed E-state index contributed by atoms with van der Waals surface area (Å²) in [4.78, 5) is 19.4. The smallest absolute Gasteiger partial charge is 0.255 e. The Bertz CT molecular complexity index is 939. The number of aromatic nitrogens is 2. The standard InChI is InChI=1S/C18H14Cl3N3O2/c1-10-22-8-16(23-10)26-9-13-14(20)6-7-15(17(13)21)24-18(25)11-2-4-12(19)5-3-11/h2-8H,9H2,1H3,(H,22,23)(H,24,25). The Balaban J connectivity index is 1.77. The Morgan fingerprint density at radius 1 is 1.15 bits per heavy atom. The van der Waals surface area contributed by atoms with E-state index in [0.717, 1.165) is 5.82 Å². The van der Waals surface area contributed by atoms with Crippen LogP contribution in [0.3, 0.4) is 0 Å². The zero-order valence-corrected chi connectivity index (χ0v) is 15.9. The number of hydrogen-bond donors (Lipinski definition) is 2. The first-order valence-corrected chi connectivity index (χ1v) is 8.75. The van der Waals surface area contributed by atoms with Crippen LogP contribution in [0.2, 0.25) is 15.1 Å². The molecule has 5 nitrogen and oxygen atoms in total. The molecule has 134 valence electrons.